The molecule has 0 aliphatic carbocycles. The van der Waals surface area contributed by atoms with Crippen molar-refractivity contribution in [2.75, 3.05) is 18.5 Å². The summed E-state index contributed by atoms with van der Waals surface area (Å²) in [7, 11) is 0. The van der Waals surface area contributed by atoms with Crippen LogP contribution in [0.1, 0.15) is 16.1 Å². The average molecular weight is 408 g/mol. The number of carbonyl (C=O) groups excluding carboxylic acids is 1. The second kappa shape index (κ2) is 7.66. The van der Waals surface area contributed by atoms with Gasteiger partial charge in [-0.25, -0.2) is 4.98 Å². The van der Waals surface area contributed by atoms with Crippen LogP contribution in [-0.2, 0) is 0 Å². The van der Waals surface area contributed by atoms with Gasteiger partial charge in [0.1, 0.15) is 24.6 Å². The van der Waals surface area contributed by atoms with Gasteiger partial charge < -0.3 is 19.8 Å². The summed E-state index contributed by atoms with van der Waals surface area (Å²) in [4.78, 5) is 42.2. The van der Waals surface area contributed by atoms with Crippen LogP contribution in [0.2, 0.25) is 0 Å². The fourth-order valence-electron chi connectivity index (χ4n) is 3.07. The first-order valence-electron chi connectivity index (χ1n) is 8.98. The van der Waals surface area contributed by atoms with Gasteiger partial charge in [0.15, 0.2) is 11.5 Å². The normalized spacial score (nSPS) is 12.3. The fourth-order valence-corrected chi connectivity index (χ4v) is 3.07. The maximum atomic E-state index is 12.8. The summed E-state index contributed by atoms with van der Waals surface area (Å²) in [5.41, 5.74) is 0.666. The molecule has 2 aromatic carbocycles. The Morgan fingerprint density at radius 2 is 1.90 bits per heavy atom. The minimum Gasteiger partial charge on any atom is -0.486 e. The number of aromatic amines is 1. The molecule has 10 nitrogen and oxygen atoms in total. The Balaban J connectivity index is 1.66. The van der Waals surface area contributed by atoms with Crippen LogP contribution in [0.15, 0.2) is 47.3 Å². The van der Waals surface area contributed by atoms with Crippen LogP contribution in [0.3, 0.4) is 0 Å². The highest BCUT2D eigenvalue weighted by Crippen LogP contribution is 2.37. The summed E-state index contributed by atoms with van der Waals surface area (Å²) in [5, 5.41) is 14.1. The van der Waals surface area contributed by atoms with Crippen LogP contribution in [-0.4, -0.2) is 34.0 Å². The third-order valence-electron chi connectivity index (χ3n) is 4.37. The van der Waals surface area contributed by atoms with Crippen molar-refractivity contribution in [1.29, 1.82) is 0 Å². The smallest absolute Gasteiger partial charge is 0.286 e. The highest BCUT2D eigenvalue weighted by molar-refractivity contribution is 6.07. The standard InChI is InChI=1S/C20H16N4O6/c1-11-7-18(25)23-19(21-11)12-3-2-4-13(8-12)22-20(26)14-9-16-17(30-6-5-29-16)10-15(14)24(27)28/h2-4,7-10H,5-6H2,1H3,(H,22,26)(H,21,23,25). The number of nitro groups is 1. The molecule has 4 rings (SSSR count). The molecular formula is C20H16N4O6. The molecular weight excluding hydrogens is 392 g/mol. The van der Waals surface area contributed by atoms with E-state index < -0.39 is 16.5 Å². The van der Waals surface area contributed by atoms with Crippen LogP contribution in [0.4, 0.5) is 11.4 Å². The molecule has 0 atom stereocenters. The van der Waals surface area contributed by atoms with Gasteiger partial charge in [0.2, 0.25) is 0 Å². The average Bonchev–Trinajstić information content (AvgIpc) is 2.72. The fraction of sp³-hybridized carbons (Fsp3) is 0.150. The molecule has 0 saturated heterocycles. The van der Waals surface area contributed by atoms with Crippen molar-refractivity contribution < 1.29 is 19.2 Å². The minimum atomic E-state index is -0.679. The Bertz CT molecular complexity index is 1220. The minimum absolute atomic E-state index is 0.156. The van der Waals surface area contributed by atoms with Crippen molar-refractivity contribution in [2.24, 2.45) is 0 Å². The lowest BCUT2D eigenvalue weighted by Gasteiger charge is -2.19. The molecule has 1 aliphatic heterocycles. The Morgan fingerprint density at radius 1 is 1.17 bits per heavy atom. The molecule has 30 heavy (non-hydrogen) atoms. The molecule has 2 heterocycles. The first-order valence-corrected chi connectivity index (χ1v) is 8.98. The van der Waals surface area contributed by atoms with Crippen LogP contribution < -0.4 is 20.3 Å². The summed E-state index contributed by atoms with van der Waals surface area (Å²) in [6, 6.07) is 10.5. The summed E-state index contributed by atoms with van der Waals surface area (Å²) in [5.74, 6) is 0.163. The van der Waals surface area contributed by atoms with Gasteiger partial charge in [-0.2, -0.15) is 0 Å². The molecule has 1 amide bonds. The molecule has 152 valence electrons. The molecule has 0 spiro atoms. The first-order chi connectivity index (χ1) is 14.4. The number of aromatic nitrogens is 2. The third kappa shape index (κ3) is 3.83. The number of carbonyl (C=O) groups is 1. The van der Waals surface area contributed by atoms with E-state index in [-0.39, 0.29) is 35.8 Å². The van der Waals surface area contributed by atoms with Crippen molar-refractivity contribution >= 4 is 17.3 Å². The number of benzene rings is 2. The zero-order valence-electron chi connectivity index (χ0n) is 15.8. The van der Waals surface area contributed by atoms with E-state index in [9.17, 15) is 19.7 Å². The van der Waals surface area contributed by atoms with Crippen LogP contribution in [0.25, 0.3) is 11.4 Å². The third-order valence-corrected chi connectivity index (χ3v) is 4.37. The maximum absolute atomic E-state index is 12.8. The highest BCUT2D eigenvalue weighted by atomic mass is 16.6. The number of ether oxygens (including phenoxy) is 2. The van der Waals surface area contributed by atoms with Crippen molar-refractivity contribution in [3.8, 4) is 22.9 Å². The number of aryl methyl sites for hydroxylation is 1. The number of fused-ring (bicyclic) bond motifs is 1. The van der Waals surface area contributed by atoms with E-state index in [1.807, 2.05) is 0 Å². The van der Waals surface area contributed by atoms with Gasteiger partial charge in [-0.3, -0.25) is 19.7 Å². The monoisotopic (exact) mass is 408 g/mol. The Labute approximate surface area is 169 Å². The first kappa shape index (κ1) is 19.1. The lowest BCUT2D eigenvalue weighted by atomic mass is 10.1. The van der Waals surface area contributed by atoms with Crippen molar-refractivity contribution in [3.63, 3.8) is 0 Å². The van der Waals surface area contributed by atoms with E-state index in [1.165, 1.54) is 18.2 Å². The van der Waals surface area contributed by atoms with Gasteiger partial charge >= 0.3 is 0 Å². The number of nitrogens with one attached hydrogen (secondary N) is 2. The molecule has 0 saturated carbocycles. The largest absolute Gasteiger partial charge is 0.486 e. The number of rotatable bonds is 4. The van der Waals surface area contributed by atoms with Gasteiger partial charge in [0.25, 0.3) is 17.2 Å². The summed E-state index contributed by atoms with van der Waals surface area (Å²) < 4.78 is 10.8. The molecule has 0 fully saturated rings. The van der Waals surface area contributed by atoms with Crippen molar-refractivity contribution in [1.82, 2.24) is 9.97 Å². The Morgan fingerprint density at radius 3 is 2.60 bits per heavy atom. The van der Waals surface area contributed by atoms with Crippen LogP contribution in [0.5, 0.6) is 11.5 Å². The molecule has 3 aromatic rings. The second-order valence-electron chi connectivity index (χ2n) is 6.54. The quantitative estimate of drug-likeness (QED) is 0.500. The lowest BCUT2D eigenvalue weighted by molar-refractivity contribution is -0.385. The predicted molar refractivity (Wildman–Crippen MR) is 107 cm³/mol. The lowest BCUT2D eigenvalue weighted by Crippen LogP contribution is -2.18. The van der Waals surface area contributed by atoms with Crippen LogP contribution in [0, 0.1) is 17.0 Å². The zero-order valence-corrected chi connectivity index (χ0v) is 15.8. The topological polar surface area (TPSA) is 136 Å². The van der Waals surface area contributed by atoms with E-state index >= 15 is 0 Å². The number of anilines is 1. The number of nitrogens with zero attached hydrogens (tertiary/aromatic N) is 2. The van der Waals surface area contributed by atoms with E-state index in [2.05, 4.69) is 15.3 Å². The van der Waals surface area contributed by atoms with E-state index in [0.29, 0.717) is 22.8 Å². The predicted octanol–water partition coefficient (Wildman–Crippen LogP) is 2.68. The van der Waals surface area contributed by atoms with Gasteiger partial charge in [0.05, 0.1) is 11.0 Å². The maximum Gasteiger partial charge on any atom is 0.286 e. The molecule has 10 heteroatoms. The van der Waals surface area contributed by atoms with E-state index in [1.54, 1.807) is 31.2 Å². The molecule has 1 aromatic heterocycles. The second-order valence-corrected chi connectivity index (χ2v) is 6.54. The van der Waals surface area contributed by atoms with Gasteiger partial charge in [-0.1, -0.05) is 12.1 Å². The molecule has 0 bridgehead atoms. The van der Waals surface area contributed by atoms with Gasteiger partial charge in [-0.15, -0.1) is 0 Å². The molecule has 0 radical (unpaired) electrons. The Hall–Kier alpha value is -4.21. The summed E-state index contributed by atoms with van der Waals surface area (Å²) in [6.07, 6.45) is 0. The number of amides is 1. The molecule has 0 unspecified atom stereocenters. The SMILES string of the molecule is Cc1cc(=O)[nH]c(-c2cccc(NC(=O)c3cc4c(cc3[N+](=O)[O-])OCCO4)c2)n1. The number of hydrogen-bond acceptors (Lipinski definition) is 7. The Kier molecular flexibility index (Phi) is 4.88. The van der Waals surface area contributed by atoms with E-state index in [0.717, 1.165) is 0 Å². The van der Waals surface area contributed by atoms with E-state index in [4.69, 9.17) is 9.47 Å². The summed E-state index contributed by atoms with van der Waals surface area (Å²) >= 11 is 0. The number of nitro benzene ring substituents is 1. The van der Waals surface area contributed by atoms with Gasteiger partial charge in [-0.05, 0) is 19.1 Å². The number of H-pyrrole nitrogens is 1. The number of hydrogen-bond donors (Lipinski definition) is 2. The van der Waals surface area contributed by atoms with Crippen LogP contribution >= 0.6 is 0 Å². The highest BCUT2D eigenvalue weighted by Gasteiger charge is 2.26. The zero-order chi connectivity index (χ0) is 21.3. The van der Waals surface area contributed by atoms with Crippen molar-refractivity contribution in [2.45, 2.75) is 6.92 Å². The summed E-state index contributed by atoms with van der Waals surface area (Å²) in [6.45, 7) is 2.26. The molecule has 1 aliphatic rings. The molecule has 2 N–H and O–H groups in total. The van der Waals surface area contributed by atoms with Gasteiger partial charge in [0, 0.05) is 29.1 Å². The van der Waals surface area contributed by atoms with Crippen molar-refractivity contribution in [3.05, 3.63) is 74.2 Å².